The number of amides is 1. The molecule has 1 amide bonds. The number of ether oxygens (including phenoxy) is 2. The molecule has 8 nitrogen and oxygen atoms in total. The quantitative estimate of drug-likeness (QED) is 0.487. The summed E-state index contributed by atoms with van der Waals surface area (Å²) in [6.07, 6.45) is 4.80. The standard InChI is InChI=1S/C17H30N4O4.C5H12/c1-17(2,3)15(22)5-4-6-16(23)18-8-11-24-13-14-25-12-10-21-9-7-19-20-21;1-5(2,3)4/h7,9H,4-6,8,10-14H2,1-3H3,(H,18,23);1-4H3. The van der Waals surface area contributed by atoms with Crippen molar-refractivity contribution in [1.29, 1.82) is 0 Å². The minimum atomic E-state index is -0.332. The van der Waals surface area contributed by atoms with Gasteiger partial charge in [-0.25, -0.2) is 0 Å². The Morgan fingerprint density at radius 1 is 0.933 bits per heavy atom. The number of hydrogen-bond acceptors (Lipinski definition) is 6. The van der Waals surface area contributed by atoms with Gasteiger partial charge in [-0.15, -0.1) is 5.10 Å². The number of carbonyl (C=O) groups excluding carboxylic acids is 2. The average Bonchev–Trinajstić information content (AvgIpc) is 3.11. The fourth-order valence-electron chi connectivity index (χ4n) is 1.97. The Morgan fingerprint density at radius 2 is 1.53 bits per heavy atom. The van der Waals surface area contributed by atoms with E-state index in [2.05, 4.69) is 43.3 Å². The molecule has 0 aliphatic carbocycles. The van der Waals surface area contributed by atoms with E-state index in [0.717, 1.165) is 0 Å². The second-order valence-corrected chi connectivity index (χ2v) is 9.77. The molecule has 0 unspecified atom stereocenters. The number of nitrogens with one attached hydrogen (secondary N) is 1. The molecular weight excluding hydrogens is 384 g/mol. The maximum absolute atomic E-state index is 11.7. The smallest absolute Gasteiger partial charge is 0.220 e. The molecule has 30 heavy (non-hydrogen) atoms. The third kappa shape index (κ3) is 19.5. The van der Waals surface area contributed by atoms with E-state index in [-0.39, 0.29) is 17.1 Å². The Bertz CT molecular complexity index is 569. The molecule has 1 rings (SSSR count). The first-order valence-corrected chi connectivity index (χ1v) is 10.7. The van der Waals surface area contributed by atoms with Crippen LogP contribution in [0.2, 0.25) is 0 Å². The van der Waals surface area contributed by atoms with Crippen molar-refractivity contribution in [1.82, 2.24) is 20.3 Å². The van der Waals surface area contributed by atoms with Crippen molar-refractivity contribution in [3.63, 3.8) is 0 Å². The Hall–Kier alpha value is -1.80. The van der Waals surface area contributed by atoms with Gasteiger partial charge in [0.25, 0.3) is 0 Å². The van der Waals surface area contributed by atoms with Gasteiger partial charge in [0.2, 0.25) is 5.91 Å². The lowest BCUT2D eigenvalue weighted by Crippen LogP contribution is -2.28. The number of rotatable bonds is 13. The summed E-state index contributed by atoms with van der Waals surface area (Å²) in [5.74, 6) is 0.141. The van der Waals surface area contributed by atoms with Gasteiger partial charge in [0.1, 0.15) is 5.78 Å². The zero-order chi connectivity index (χ0) is 23.0. The zero-order valence-corrected chi connectivity index (χ0v) is 20.0. The predicted molar refractivity (Wildman–Crippen MR) is 118 cm³/mol. The third-order valence-corrected chi connectivity index (χ3v) is 3.52. The summed E-state index contributed by atoms with van der Waals surface area (Å²) in [6.45, 7) is 17.5. The maximum atomic E-state index is 11.7. The summed E-state index contributed by atoms with van der Waals surface area (Å²) < 4.78 is 12.5. The molecule has 1 aromatic rings. The summed E-state index contributed by atoms with van der Waals surface area (Å²) in [5.41, 5.74) is 0.168. The van der Waals surface area contributed by atoms with Crippen LogP contribution in [0, 0.1) is 10.8 Å². The van der Waals surface area contributed by atoms with Gasteiger partial charge < -0.3 is 14.8 Å². The van der Waals surface area contributed by atoms with E-state index in [1.807, 2.05) is 20.8 Å². The lowest BCUT2D eigenvalue weighted by molar-refractivity contribution is -0.126. The van der Waals surface area contributed by atoms with Crippen LogP contribution in [-0.4, -0.2) is 59.7 Å². The number of ketones is 1. The van der Waals surface area contributed by atoms with Crippen LogP contribution < -0.4 is 5.32 Å². The van der Waals surface area contributed by atoms with E-state index < -0.39 is 0 Å². The van der Waals surface area contributed by atoms with E-state index in [0.29, 0.717) is 64.2 Å². The minimum Gasteiger partial charge on any atom is -0.377 e. The largest absolute Gasteiger partial charge is 0.377 e. The topological polar surface area (TPSA) is 95.3 Å². The zero-order valence-electron chi connectivity index (χ0n) is 20.0. The number of carbonyl (C=O) groups is 2. The van der Waals surface area contributed by atoms with Crippen molar-refractivity contribution in [2.24, 2.45) is 10.8 Å². The highest BCUT2D eigenvalue weighted by Gasteiger charge is 2.20. The summed E-state index contributed by atoms with van der Waals surface area (Å²) >= 11 is 0. The third-order valence-electron chi connectivity index (χ3n) is 3.52. The van der Waals surface area contributed by atoms with Crippen molar-refractivity contribution in [3.05, 3.63) is 12.4 Å². The van der Waals surface area contributed by atoms with E-state index >= 15 is 0 Å². The molecule has 1 N–H and O–H groups in total. The van der Waals surface area contributed by atoms with Crippen molar-refractivity contribution < 1.29 is 19.1 Å². The van der Waals surface area contributed by atoms with Gasteiger partial charge in [-0.05, 0) is 11.8 Å². The number of aromatic nitrogens is 3. The van der Waals surface area contributed by atoms with Crippen LogP contribution in [-0.2, 0) is 25.6 Å². The van der Waals surface area contributed by atoms with Crippen molar-refractivity contribution in [2.45, 2.75) is 74.3 Å². The molecule has 0 atom stereocenters. The van der Waals surface area contributed by atoms with E-state index in [4.69, 9.17) is 9.47 Å². The summed E-state index contributed by atoms with van der Waals surface area (Å²) in [5, 5.41) is 10.3. The molecule has 0 saturated heterocycles. The summed E-state index contributed by atoms with van der Waals surface area (Å²) in [4.78, 5) is 23.4. The van der Waals surface area contributed by atoms with Crippen molar-refractivity contribution in [2.75, 3.05) is 33.0 Å². The van der Waals surface area contributed by atoms with E-state index in [1.165, 1.54) is 0 Å². The van der Waals surface area contributed by atoms with E-state index in [9.17, 15) is 9.59 Å². The number of nitrogens with zero attached hydrogens (tertiary/aromatic N) is 3. The van der Waals surface area contributed by atoms with Crippen molar-refractivity contribution in [3.8, 4) is 0 Å². The van der Waals surface area contributed by atoms with Crippen molar-refractivity contribution >= 4 is 11.7 Å². The molecule has 0 bridgehead atoms. The highest BCUT2D eigenvalue weighted by Crippen LogP contribution is 2.18. The molecular formula is C22H42N4O4. The van der Waals surface area contributed by atoms with Gasteiger partial charge in [0, 0.05) is 31.0 Å². The van der Waals surface area contributed by atoms with Crippen LogP contribution in [0.3, 0.4) is 0 Å². The predicted octanol–water partition coefficient (Wildman–Crippen LogP) is 3.27. The number of Topliss-reactive ketones (excluding diaryl/α,β-unsaturated/α-hetero) is 1. The second kappa shape index (κ2) is 15.1. The molecule has 0 aliphatic rings. The normalized spacial score (nSPS) is 11.6. The lowest BCUT2D eigenvalue weighted by atomic mass is 9.88. The minimum absolute atomic E-state index is 0.0469. The second-order valence-electron chi connectivity index (χ2n) is 9.77. The maximum Gasteiger partial charge on any atom is 0.220 e. The van der Waals surface area contributed by atoms with Gasteiger partial charge >= 0.3 is 0 Å². The Labute approximate surface area is 182 Å². The molecule has 0 saturated carbocycles. The van der Waals surface area contributed by atoms with Crippen LogP contribution in [0.1, 0.15) is 67.7 Å². The molecule has 0 aromatic carbocycles. The Kier molecular flexibility index (Phi) is 14.2. The Balaban J connectivity index is 0.00000150. The van der Waals surface area contributed by atoms with Gasteiger partial charge in [0.05, 0.1) is 39.2 Å². The highest BCUT2D eigenvalue weighted by molar-refractivity contribution is 5.84. The van der Waals surface area contributed by atoms with Crippen LogP contribution in [0.5, 0.6) is 0 Å². The molecule has 0 fully saturated rings. The molecule has 1 aromatic heterocycles. The van der Waals surface area contributed by atoms with Crippen LogP contribution >= 0.6 is 0 Å². The SMILES string of the molecule is CC(C)(C)C.CC(C)(C)C(=O)CCCC(=O)NCCOCCOCCn1ccnn1. The average molecular weight is 427 g/mol. The Morgan fingerprint density at radius 3 is 2.07 bits per heavy atom. The van der Waals surface area contributed by atoms with Crippen LogP contribution in [0.15, 0.2) is 12.4 Å². The van der Waals surface area contributed by atoms with Crippen LogP contribution in [0.25, 0.3) is 0 Å². The molecule has 0 radical (unpaired) electrons. The van der Waals surface area contributed by atoms with Crippen LogP contribution in [0.4, 0.5) is 0 Å². The van der Waals surface area contributed by atoms with Gasteiger partial charge in [-0.1, -0.05) is 53.7 Å². The lowest BCUT2D eigenvalue weighted by Gasteiger charge is -2.16. The monoisotopic (exact) mass is 426 g/mol. The molecule has 0 aliphatic heterocycles. The molecule has 0 spiro atoms. The first-order valence-electron chi connectivity index (χ1n) is 10.7. The molecule has 174 valence electrons. The fourth-order valence-corrected chi connectivity index (χ4v) is 1.97. The van der Waals surface area contributed by atoms with E-state index in [1.54, 1.807) is 17.1 Å². The van der Waals surface area contributed by atoms with Gasteiger partial charge in [-0.3, -0.25) is 14.3 Å². The number of hydrogen-bond donors (Lipinski definition) is 1. The van der Waals surface area contributed by atoms with Gasteiger partial charge in [-0.2, -0.15) is 0 Å². The van der Waals surface area contributed by atoms with Gasteiger partial charge in [0.15, 0.2) is 0 Å². The summed E-state index contributed by atoms with van der Waals surface area (Å²) in [6, 6.07) is 0. The molecule has 1 heterocycles. The first-order chi connectivity index (χ1) is 13.9. The summed E-state index contributed by atoms with van der Waals surface area (Å²) in [7, 11) is 0. The highest BCUT2D eigenvalue weighted by atomic mass is 16.5. The first kappa shape index (κ1) is 28.2. The molecule has 8 heteroatoms. The fraction of sp³-hybridized carbons (Fsp3) is 0.818.